The second kappa shape index (κ2) is 12.0. The van der Waals surface area contributed by atoms with Crippen molar-refractivity contribution in [2.24, 2.45) is 11.8 Å². The number of aliphatic carboxylic acids is 2. The number of carboxylic acids is 2. The molecule has 0 aliphatic carbocycles. The fourth-order valence-corrected chi connectivity index (χ4v) is 2.51. The molecule has 0 spiro atoms. The van der Waals surface area contributed by atoms with E-state index in [4.69, 9.17) is 10.2 Å². The molecule has 2 N–H and O–H groups in total. The first kappa shape index (κ1) is 22.7. The molecule has 0 aromatic rings. The molecule has 0 aromatic carbocycles. The molecule has 0 aliphatic rings. The lowest BCUT2D eigenvalue weighted by Crippen LogP contribution is -2.25. The van der Waals surface area contributed by atoms with Gasteiger partial charge in [-0.3, -0.25) is 14.4 Å². The maximum Gasteiger partial charge on any atom is 0.317 e. The standard InChI is InChI=1S/C8H14O3S.C6H11BrO2/c1-4-5(2)7(8(10)11)12-6(3)9;1-3-4(2)5(7)6(8)9/h5,7H,4H2,1-3H3,(H,10,11);4-5H,3H2,1-2H3,(H,8,9)/t5-,7-;4-,5+/m00/s1. The smallest absolute Gasteiger partial charge is 0.317 e. The van der Waals surface area contributed by atoms with Gasteiger partial charge in [-0.05, 0) is 11.8 Å². The number of hydrogen-bond donors (Lipinski definition) is 2. The highest BCUT2D eigenvalue weighted by molar-refractivity contribution is 9.10. The quantitative estimate of drug-likeness (QED) is 0.650. The van der Waals surface area contributed by atoms with Crippen LogP contribution >= 0.6 is 27.7 Å². The maximum atomic E-state index is 10.7. The van der Waals surface area contributed by atoms with Gasteiger partial charge < -0.3 is 10.2 Å². The molecule has 124 valence electrons. The Morgan fingerprint density at radius 3 is 1.62 bits per heavy atom. The molecule has 5 nitrogen and oxygen atoms in total. The van der Waals surface area contributed by atoms with Crippen LogP contribution in [0.1, 0.15) is 47.5 Å². The van der Waals surface area contributed by atoms with E-state index in [-0.39, 0.29) is 21.8 Å². The Kier molecular flexibility index (Phi) is 13.0. The van der Waals surface area contributed by atoms with E-state index in [9.17, 15) is 14.4 Å². The van der Waals surface area contributed by atoms with E-state index in [1.54, 1.807) is 0 Å². The normalized spacial score (nSPS) is 15.9. The monoisotopic (exact) mass is 384 g/mol. The fraction of sp³-hybridized carbons (Fsp3) is 0.786. The average molecular weight is 385 g/mol. The molecule has 0 aromatic heterocycles. The van der Waals surface area contributed by atoms with E-state index in [1.807, 2.05) is 27.7 Å². The lowest BCUT2D eigenvalue weighted by molar-refractivity contribution is -0.138. The van der Waals surface area contributed by atoms with E-state index in [2.05, 4.69) is 15.9 Å². The van der Waals surface area contributed by atoms with E-state index in [0.717, 1.165) is 24.6 Å². The summed E-state index contributed by atoms with van der Waals surface area (Å²) in [5, 5.41) is 16.5. The van der Waals surface area contributed by atoms with Crippen molar-refractivity contribution >= 4 is 44.7 Å². The van der Waals surface area contributed by atoms with Gasteiger partial charge in [0.15, 0.2) is 5.12 Å². The largest absolute Gasteiger partial charge is 0.480 e. The Morgan fingerprint density at radius 1 is 1.00 bits per heavy atom. The third-order valence-electron chi connectivity index (χ3n) is 3.08. The average Bonchev–Trinajstić information content (AvgIpc) is 2.42. The van der Waals surface area contributed by atoms with Gasteiger partial charge in [0.2, 0.25) is 0 Å². The van der Waals surface area contributed by atoms with Gasteiger partial charge in [-0.1, -0.05) is 68.2 Å². The maximum absolute atomic E-state index is 10.7. The molecule has 0 saturated carbocycles. The van der Waals surface area contributed by atoms with Crippen molar-refractivity contribution in [3.8, 4) is 0 Å². The highest BCUT2D eigenvalue weighted by atomic mass is 79.9. The number of alkyl halides is 1. The molecular formula is C14H25BrO5S. The zero-order valence-corrected chi connectivity index (χ0v) is 15.5. The molecule has 0 radical (unpaired) electrons. The van der Waals surface area contributed by atoms with Crippen LogP contribution in [-0.4, -0.2) is 37.3 Å². The van der Waals surface area contributed by atoms with Crippen LogP contribution in [0.5, 0.6) is 0 Å². The van der Waals surface area contributed by atoms with E-state index >= 15 is 0 Å². The van der Waals surface area contributed by atoms with Crippen LogP contribution in [0.15, 0.2) is 0 Å². The Morgan fingerprint density at radius 2 is 1.43 bits per heavy atom. The van der Waals surface area contributed by atoms with Crippen LogP contribution in [-0.2, 0) is 14.4 Å². The second-order valence-corrected chi connectivity index (χ2v) is 7.18. The van der Waals surface area contributed by atoms with E-state index in [1.165, 1.54) is 6.92 Å². The highest BCUT2D eigenvalue weighted by Gasteiger charge is 2.25. The molecule has 0 unspecified atom stereocenters. The zero-order valence-electron chi connectivity index (χ0n) is 13.1. The van der Waals surface area contributed by atoms with Gasteiger partial charge in [-0.25, -0.2) is 0 Å². The molecule has 0 rings (SSSR count). The minimum absolute atomic E-state index is 0.0383. The number of carbonyl (C=O) groups excluding carboxylic acids is 1. The molecular weight excluding hydrogens is 360 g/mol. The summed E-state index contributed by atoms with van der Waals surface area (Å²) < 4.78 is 0. The van der Waals surface area contributed by atoms with Gasteiger partial charge in [0.25, 0.3) is 0 Å². The summed E-state index contributed by atoms with van der Waals surface area (Å²) in [5.74, 6) is -1.42. The molecule has 0 aliphatic heterocycles. The number of rotatable bonds is 7. The summed E-state index contributed by atoms with van der Waals surface area (Å²) in [6, 6.07) is 0. The number of carbonyl (C=O) groups is 3. The van der Waals surface area contributed by atoms with Crippen molar-refractivity contribution in [2.75, 3.05) is 0 Å². The summed E-state index contributed by atoms with van der Waals surface area (Å²) in [7, 11) is 0. The van der Waals surface area contributed by atoms with Gasteiger partial charge in [0.1, 0.15) is 10.1 Å². The Bertz CT molecular complexity index is 348. The third-order valence-corrected chi connectivity index (χ3v) is 5.62. The molecule has 0 saturated heterocycles. The first-order chi connectivity index (χ1) is 9.58. The summed E-state index contributed by atoms with van der Waals surface area (Å²) in [6.07, 6.45) is 1.67. The van der Waals surface area contributed by atoms with Crippen LogP contribution in [0.3, 0.4) is 0 Å². The van der Waals surface area contributed by atoms with Crippen LogP contribution in [0, 0.1) is 11.8 Å². The summed E-state index contributed by atoms with van der Waals surface area (Å²) in [6.45, 7) is 9.04. The highest BCUT2D eigenvalue weighted by Crippen LogP contribution is 2.22. The number of carboxylic acid groups (broad SMARTS) is 2. The van der Waals surface area contributed by atoms with Gasteiger partial charge in [-0.15, -0.1) is 0 Å². The lowest BCUT2D eigenvalue weighted by Gasteiger charge is -2.15. The summed E-state index contributed by atoms with van der Waals surface area (Å²) >= 11 is 3.97. The molecule has 21 heavy (non-hydrogen) atoms. The van der Waals surface area contributed by atoms with E-state index < -0.39 is 17.2 Å². The molecule has 0 bridgehead atoms. The number of hydrogen-bond acceptors (Lipinski definition) is 4. The minimum atomic E-state index is -0.899. The SMILES string of the molecule is CC[C@H](C)[C@@H](Br)C(=O)O.CC[C@H](C)[C@H](SC(C)=O)C(=O)O. The minimum Gasteiger partial charge on any atom is -0.480 e. The molecule has 0 heterocycles. The van der Waals surface area contributed by atoms with Crippen LogP contribution in [0.25, 0.3) is 0 Å². The molecule has 0 fully saturated rings. The first-order valence-electron chi connectivity index (χ1n) is 6.85. The summed E-state index contributed by atoms with van der Waals surface area (Å²) in [5.41, 5.74) is 0. The van der Waals surface area contributed by atoms with Crippen molar-refractivity contribution < 1.29 is 24.6 Å². The first-order valence-corrected chi connectivity index (χ1v) is 8.64. The lowest BCUT2D eigenvalue weighted by atomic mass is 10.1. The van der Waals surface area contributed by atoms with Crippen LogP contribution in [0.4, 0.5) is 0 Å². The number of thioether (sulfide) groups is 1. The van der Waals surface area contributed by atoms with Gasteiger partial charge in [0, 0.05) is 6.92 Å². The number of halogens is 1. The second-order valence-electron chi connectivity index (χ2n) is 4.88. The van der Waals surface area contributed by atoms with Crippen molar-refractivity contribution in [3.63, 3.8) is 0 Å². The zero-order chi connectivity index (χ0) is 17.2. The van der Waals surface area contributed by atoms with Gasteiger partial charge in [-0.2, -0.15) is 0 Å². The fourth-order valence-electron chi connectivity index (χ4n) is 1.25. The molecule has 4 atom stereocenters. The Balaban J connectivity index is 0. The predicted octanol–water partition coefficient (Wildman–Crippen LogP) is 3.65. The topological polar surface area (TPSA) is 91.7 Å². The van der Waals surface area contributed by atoms with Crippen molar-refractivity contribution in [1.82, 2.24) is 0 Å². The van der Waals surface area contributed by atoms with Gasteiger partial charge >= 0.3 is 11.9 Å². The Hall–Kier alpha value is -0.560. The van der Waals surface area contributed by atoms with Crippen molar-refractivity contribution in [3.05, 3.63) is 0 Å². The molecule has 7 heteroatoms. The Labute approximate surface area is 139 Å². The van der Waals surface area contributed by atoms with Crippen molar-refractivity contribution in [1.29, 1.82) is 0 Å². The van der Waals surface area contributed by atoms with E-state index in [0.29, 0.717) is 0 Å². The predicted molar refractivity (Wildman–Crippen MR) is 89.0 cm³/mol. The third kappa shape index (κ3) is 10.8. The van der Waals surface area contributed by atoms with Gasteiger partial charge in [0.05, 0.1) is 0 Å². The molecule has 0 amide bonds. The van der Waals surface area contributed by atoms with Crippen molar-refractivity contribution in [2.45, 2.75) is 57.5 Å². The summed E-state index contributed by atoms with van der Waals surface area (Å²) in [4.78, 5) is 31.2. The van der Waals surface area contributed by atoms with Crippen LogP contribution < -0.4 is 0 Å². The van der Waals surface area contributed by atoms with Crippen LogP contribution in [0.2, 0.25) is 0 Å².